The molecule has 3 aliphatic rings. The minimum Gasteiger partial charge on any atom is -0.393 e. The minimum atomic E-state index is -0.387. The van der Waals surface area contributed by atoms with Crippen LogP contribution in [0.5, 0.6) is 0 Å². The number of likely N-dealkylation sites (tertiary alicyclic amines) is 1. The van der Waals surface area contributed by atoms with Crippen LogP contribution in [0, 0.1) is 11.8 Å². The summed E-state index contributed by atoms with van der Waals surface area (Å²) in [6.45, 7) is 0. The lowest BCUT2D eigenvalue weighted by atomic mass is 9.80. The number of hydrogen-bond acceptors (Lipinski definition) is 3. The van der Waals surface area contributed by atoms with Gasteiger partial charge in [0.15, 0.2) is 0 Å². The van der Waals surface area contributed by atoms with Crippen molar-refractivity contribution < 1.29 is 14.7 Å². The Morgan fingerprint density at radius 1 is 1.00 bits per heavy atom. The smallest absolute Gasteiger partial charge is 0.233 e. The molecule has 3 unspecified atom stereocenters. The second-order valence-corrected chi connectivity index (χ2v) is 4.96. The van der Waals surface area contributed by atoms with Crippen LogP contribution in [0.15, 0.2) is 0 Å². The summed E-state index contributed by atoms with van der Waals surface area (Å²) in [5.74, 6) is -0.339. The average molecular weight is 209 g/mol. The molecule has 2 amide bonds. The number of carbonyl (C=O) groups excluding carboxylic acids is 2. The van der Waals surface area contributed by atoms with Gasteiger partial charge in [0.1, 0.15) is 0 Å². The molecule has 15 heavy (non-hydrogen) atoms. The Morgan fingerprint density at radius 3 is 2.33 bits per heavy atom. The van der Waals surface area contributed by atoms with Gasteiger partial charge in [0.05, 0.1) is 17.9 Å². The van der Waals surface area contributed by atoms with Gasteiger partial charge in [0, 0.05) is 6.04 Å². The fourth-order valence-corrected chi connectivity index (χ4v) is 2.88. The van der Waals surface area contributed by atoms with Gasteiger partial charge in [-0.05, 0) is 32.1 Å². The molecule has 1 saturated heterocycles. The van der Waals surface area contributed by atoms with Crippen molar-refractivity contribution in [1.82, 2.24) is 4.90 Å². The summed E-state index contributed by atoms with van der Waals surface area (Å²) in [6, 6.07) is 0.188. The number of nitrogens with zero attached hydrogens (tertiary/aromatic N) is 1. The summed E-state index contributed by atoms with van der Waals surface area (Å²) < 4.78 is 0. The number of rotatable bonds is 1. The Balaban J connectivity index is 1.86. The summed E-state index contributed by atoms with van der Waals surface area (Å²) in [7, 11) is 0. The van der Waals surface area contributed by atoms with Gasteiger partial charge in [-0.3, -0.25) is 14.5 Å². The van der Waals surface area contributed by atoms with Crippen LogP contribution in [0.1, 0.15) is 32.1 Å². The van der Waals surface area contributed by atoms with Gasteiger partial charge in [-0.2, -0.15) is 0 Å². The Kier molecular flexibility index (Phi) is 1.89. The normalized spacial score (nSPS) is 40.9. The first-order chi connectivity index (χ1) is 7.18. The van der Waals surface area contributed by atoms with Crippen LogP contribution < -0.4 is 0 Å². The predicted octanol–water partition coefficient (Wildman–Crippen LogP) is 0.295. The third-order valence-electron chi connectivity index (χ3n) is 3.84. The van der Waals surface area contributed by atoms with Gasteiger partial charge in [-0.25, -0.2) is 0 Å². The van der Waals surface area contributed by atoms with E-state index in [1.54, 1.807) is 0 Å². The zero-order chi connectivity index (χ0) is 10.6. The van der Waals surface area contributed by atoms with E-state index in [1.165, 1.54) is 4.90 Å². The van der Waals surface area contributed by atoms with E-state index >= 15 is 0 Å². The van der Waals surface area contributed by atoms with Crippen LogP contribution in [-0.2, 0) is 9.59 Å². The van der Waals surface area contributed by atoms with Crippen LogP contribution in [0.25, 0.3) is 0 Å². The highest BCUT2D eigenvalue weighted by atomic mass is 16.3. The van der Waals surface area contributed by atoms with Crippen molar-refractivity contribution in [2.45, 2.75) is 44.2 Å². The molecular weight excluding hydrogens is 194 g/mol. The molecule has 2 saturated carbocycles. The number of hydrogen-bond donors (Lipinski definition) is 1. The summed E-state index contributed by atoms with van der Waals surface area (Å²) in [6.07, 6.45) is 3.39. The SMILES string of the molecule is O=C1C2CCC(O)CC2C(=O)N1C1CC1. The molecule has 0 spiro atoms. The van der Waals surface area contributed by atoms with Gasteiger partial charge in [0.2, 0.25) is 11.8 Å². The van der Waals surface area contributed by atoms with Gasteiger partial charge in [-0.1, -0.05) is 0 Å². The van der Waals surface area contributed by atoms with E-state index in [-0.39, 0.29) is 35.8 Å². The van der Waals surface area contributed by atoms with Gasteiger partial charge in [-0.15, -0.1) is 0 Å². The zero-order valence-electron chi connectivity index (χ0n) is 8.56. The number of amides is 2. The highest BCUT2D eigenvalue weighted by molar-refractivity contribution is 6.05. The molecule has 0 aromatic carbocycles. The number of imide groups is 1. The van der Waals surface area contributed by atoms with Crippen LogP contribution >= 0.6 is 0 Å². The molecule has 3 rings (SSSR count). The number of aliphatic hydroxyl groups is 1. The first-order valence-corrected chi connectivity index (χ1v) is 5.73. The molecule has 4 nitrogen and oxygen atoms in total. The molecule has 82 valence electrons. The summed E-state index contributed by atoms with van der Waals surface area (Å²) in [4.78, 5) is 25.4. The highest BCUT2D eigenvalue weighted by Crippen LogP contribution is 2.42. The summed E-state index contributed by atoms with van der Waals surface area (Å²) in [5, 5.41) is 9.52. The van der Waals surface area contributed by atoms with E-state index in [0.717, 1.165) is 12.8 Å². The highest BCUT2D eigenvalue weighted by Gasteiger charge is 2.53. The van der Waals surface area contributed by atoms with E-state index in [4.69, 9.17) is 0 Å². The van der Waals surface area contributed by atoms with Crippen molar-refractivity contribution >= 4 is 11.8 Å². The average Bonchev–Trinajstić information content (AvgIpc) is 2.98. The van der Waals surface area contributed by atoms with Gasteiger partial charge in [0.25, 0.3) is 0 Å². The summed E-state index contributed by atoms with van der Waals surface area (Å²) >= 11 is 0. The molecule has 0 radical (unpaired) electrons. The van der Waals surface area contributed by atoms with Crippen LogP contribution in [0.3, 0.4) is 0 Å². The molecule has 4 heteroatoms. The van der Waals surface area contributed by atoms with Crippen molar-refractivity contribution in [2.24, 2.45) is 11.8 Å². The van der Waals surface area contributed by atoms with Crippen molar-refractivity contribution in [3.05, 3.63) is 0 Å². The summed E-state index contributed by atoms with van der Waals surface area (Å²) in [5.41, 5.74) is 0. The largest absolute Gasteiger partial charge is 0.393 e. The standard InChI is InChI=1S/C11H15NO3/c13-7-3-4-8-9(5-7)11(15)12(10(8)14)6-1-2-6/h6-9,13H,1-5H2. The fourth-order valence-electron chi connectivity index (χ4n) is 2.88. The monoisotopic (exact) mass is 209 g/mol. The lowest BCUT2D eigenvalue weighted by Gasteiger charge is -2.24. The molecule has 3 fully saturated rings. The maximum absolute atomic E-state index is 12.0. The Hall–Kier alpha value is -0.900. The topological polar surface area (TPSA) is 57.6 Å². The molecular formula is C11H15NO3. The van der Waals surface area contributed by atoms with Gasteiger partial charge < -0.3 is 5.11 Å². The lowest BCUT2D eigenvalue weighted by molar-refractivity contribution is -0.140. The molecule has 1 heterocycles. The van der Waals surface area contributed by atoms with Crippen LogP contribution in [0.4, 0.5) is 0 Å². The van der Waals surface area contributed by atoms with E-state index in [1.807, 2.05) is 0 Å². The molecule has 0 bridgehead atoms. The fraction of sp³-hybridized carbons (Fsp3) is 0.818. The van der Waals surface area contributed by atoms with Crippen molar-refractivity contribution in [2.75, 3.05) is 0 Å². The maximum Gasteiger partial charge on any atom is 0.233 e. The van der Waals surface area contributed by atoms with Crippen LogP contribution in [-0.4, -0.2) is 34.0 Å². The molecule has 2 aliphatic carbocycles. The third kappa shape index (κ3) is 1.31. The van der Waals surface area contributed by atoms with Crippen molar-refractivity contribution in [3.63, 3.8) is 0 Å². The first-order valence-electron chi connectivity index (χ1n) is 5.73. The van der Waals surface area contributed by atoms with E-state index < -0.39 is 0 Å². The van der Waals surface area contributed by atoms with Crippen molar-refractivity contribution in [1.29, 1.82) is 0 Å². The molecule has 1 N–H and O–H groups in total. The molecule has 1 aliphatic heterocycles. The Morgan fingerprint density at radius 2 is 1.67 bits per heavy atom. The molecule has 3 atom stereocenters. The molecule has 0 aromatic rings. The Labute approximate surface area is 88.2 Å². The van der Waals surface area contributed by atoms with E-state index in [0.29, 0.717) is 19.3 Å². The van der Waals surface area contributed by atoms with Crippen LogP contribution in [0.2, 0.25) is 0 Å². The number of carbonyl (C=O) groups is 2. The van der Waals surface area contributed by atoms with Gasteiger partial charge >= 0.3 is 0 Å². The zero-order valence-corrected chi connectivity index (χ0v) is 8.56. The van der Waals surface area contributed by atoms with Crippen molar-refractivity contribution in [3.8, 4) is 0 Å². The predicted molar refractivity (Wildman–Crippen MR) is 51.7 cm³/mol. The maximum atomic E-state index is 12.0. The first kappa shape index (κ1) is 9.33. The van der Waals surface area contributed by atoms with E-state index in [2.05, 4.69) is 0 Å². The number of fused-ring (bicyclic) bond motifs is 1. The second-order valence-electron chi connectivity index (χ2n) is 4.96. The van der Waals surface area contributed by atoms with E-state index in [9.17, 15) is 14.7 Å². The molecule has 0 aromatic heterocycles. The minimum absolute atomic E-state index is 0.0220. The third-order valence-corrected chi connectivity index (χ3v) is 3.84. The number of aliphatic hydroxyl groups excluding tert-OH is 1. The lowest BCUT2D eigenvalue weighted by Crippen LogP contribution is -2.33. The quantitative estimate of drug-likeness (QED) is 0.632. The second kappa shape index (κ2) is 3.04. The Bertz CT molecular complexity index is 324.